The Labute approximate surface area is 119 Å². The lowest BCUT2D eigenvalue weighted by Gasteiger charge is -2.22. The fourth-order valence-electron chi connectivity index (χ4n) is 1.89. The molecule has 0 aliphatic heterocycles. The Morgan fingerprint density at radius 3 is 2.37 bits per heavy atom. The Kier molecular flexibility index (Phi) is 9.60. The molecular formula is C13H31N3O2S. The van der Waals surface area contributed by atoms with Crippen LogP contribution in [0.5, 0.6) is 0 Å². The van der Waals surface area contributed by atoms with Crippen molar-refractivity contribution < 1.29 is 8.42 Å². The molecule has 0 aromatic heterocycles. The van der Waals surface area contributed by atoms with E-state index in [0.29, 0.717) is 12.5 Å². The van der Waals surface area contributed by atoms with Gasteiger partial charge in [0.1, 0.15) is 0 Å². The first-order valence-electron chi connectivity index (χ1n) is 7.27. The van der Waals surface area contributed by atoms with Crippen LogP contribution in [0.4, 0.5) is 0 Å². The maximum absolute atomic E-state index is 12.1. The molecule has 5 nitrogen and oxygen atoms in total. The van der Waals surface area contributed by atoms with Crippen LogP contribution in [0, 0.1) is 5.92 Å². The highest BCUT2D eigenvalue weighted by Gasteiger charge is 2.20. The van der Waals surface area contributed by atoms with Crippen LogP contribution in [0.2, 0.25) is 0 Å². The number of rotatable bonds is 11. The van der Waals surface area contributed by atoms with Gasteiger partial charge in [-0.25, -0.2) is 0 Å². The summed E-state index contributed by atoms with van der Waals surface area (Å²) < 4.78 is 28.3. The van der Waals surface area contributed by atoms with Crippen molar-refractivity contribution in [3.8, 4) is 0 Å². The fraction of sp³-hybridized carbons (Fsp3) is 1.00. The van der Waals surface area contributed by atoms with Crippen molar-refractivity contribution in [2.45, 2.75) is 53.0 Å². The minimum absolute atomic E-state index is 0.0174. The average Bonchev–Trinajstić information content (AvgIpc) is 2.33. The van der Waals surface area contributed by atoms with Gasteiger partial charge in [-0.2, -0.15) is 17.4 Å². The van der Waals surface area contributed by atoms with E-state index in [1.54, 1.807) is 7.05 Å². The third kappa shape index (κ3) is 8.57. The third-order valence-electron chi connectivity index (χ3n) is 3.29. The van der Waals surface area contributed by atoms with Gasteiger partial charge in [0.15, 0.2) is 0 Å². The summed E-state index contributed by atoms with van der Waals surface area (Å²) in [5.41, 5.74) is 0. The molecular weight excluding hydrogens is 262 g/mol. The number of nitrogens with one attached hydrogen (secondary N) is 2. The summed E-state index contributed by atoms with van der Waals surface area (Å²) in [6, 6.07) is -0.0174. The summed E-state index contributed by atoms with van der Waals surface area (Å²) in [5, 5.41) is 3.19. The van der Waals surface area contributed by atoms with E-state index >= 15 is 0 Å². The highest BCUT2D eigenvalue weighted by molar-refractivity contribution is 7.87. The zero-order valence-corrected chi connectivity index (χ0v) is 13.9. The van der Waals surface area contributed by atoms with Crippen molar-refractivity contribution in [3.05, 3.63) is 0 Å². The molecule has 2 unspecified atom stereocenters. The van der Waals surface area contributed by atoms with Gasteiger partial charge in [-0.1, -0.05) is 27.2 Å². The standard InChI is InChI=1S/C13H31N3O2S/c1-6-12(3)11-13(4)15-19(17,18)16(5)10-8-9-14-7-2/h12-15H,6-11H2,1-5H3. The van der Waals surface area contributed by atoms with Crippen LogP contribution in [0.3, 0.4) is 0 Å². The van der Waals surface area contributed by atoms with Gasteiger partial charge in [-0.05, 0) is 38.8 Å². The molecule has 0 amide bonds. The first-order chi connectivity index (χ1) is 8.83. The molecule has 0 aliphatic carbocycles. The second-order valence-corrected chi connectivity index (χ2v) is 7.11. The van der Waals surface area contributed by atoms with Crippen molar-refractivity contribution in [2.75, 3.05) is 26.7 Å². The van der Waals surface area contributed by atoms with Crippen molar-refractivity contribution in [2.24, 2.45) is 5.92 Å². The predicted molar refractivity (Wildman–Crippen MR) is 81.4 cm³/mol. The van der Waals surface area contributed by atoms with Crippen molar-refractivity contribution in [1.82, 2.24) is 14.3 Å². The zero-order valence-electron chi connectivity index (χ0n) is 13.1. The second kappa shape index (κ2) is 9.69. The lowest BCUT2D eigenvalue weighted by molar-refractivity contribution is 0.412. The van der Waals surface area contributed by atoms with E-state index in [1.807, 2.05) is 13.8 Å². The molecule has 0 fully saturated rings. The maximum atomic E-state index is 12.1. The Morgan fingerprint density at radius 1 is 1.21 bits per heavy atom. The second-order valence-electron chi connectivity index (χ2n) is 5.30. The lowest BCUT2D eigenvalue weighted by atomic mass is 10.0. The van der Waals surface area contributed by atoms with E-state index in [0.717, 1.165) is 32.4 Å². The zero-order chi connectivity index (χ0) is 14.9. The van der Waals surface area contributed by atoms with Gasteiger partial charge in [0.25, 0.3) is 10.2 Å². The molecule has 0 heterocycles. The van der Waals surface area contributed by atoms with Crippen LogP contribution >= 0.6 is 0 Å². The van der Waals surface area contributed by atoms with E-state index in [1.165, 1.54) is 4.31 Å². The molecule has 0 saturated carbocycles. The first-order valence-corrected chi connectivity index (χ1v) is 8.71. The van der Waals surface area contributed by atoms with E-state index in [2.05, 4.69) is 23.9 Å². The monoisotopic (exact) mass is 293 g/mol. The van der Waals surface area contributed by atoms with Crippen LogP contribution < -0.4 is 10.0 Å². The van der Waals surface area contributed by atoms with Crippen LogP contribution in [0.15, 0.2) is 0 Å². The minimum Gasteiger partial charge on any atom is -0.317 e. The molecule has 0 aromatic rings. The smallest absolute Gasteiger partial charge is 0.279 e. The summed E-state index contributed by atoms with van der Waals surface area (Å²) in [4.78, 5) is 0. The quantitative estimate of drug-likeness (QED) is 0.569. The third-order valence-corrected chi connectivity index (χ3v) is 4.99. The van der Waals surface area contributed by atoms with Gasteiger partial charge in [-0.15, -0.1) is 0 Å². The van der Waals surface area contributed by atoms with Gasteiger partial charge in [-0.3, -0.25) is 0 Å². The summed E-state index contributed by atoms with van der Waals surface area (Å²) >= 11 is 0. The van der Waals surface area contributed by atoms with Crippen molar-refractivity contribution >= 4 is 10.2 Å². The Morgan fingerprint density at radius 2 is 1.84 bits per heavy atom. The normalized spacial score (nSPS) is 15.7. The Bertz CT molecular complexity index is 320. The molecule has 2 atom stereocenters. The highest BCUT2D eigenvalue weighted by Crippen LogP contribution is 2.10. The van der Waals surface area contributed by atoms with Gasteiger partial charge >= 0.3 is 0 Å². The SMILES string of the molecule is CCNCCCN(C)S(=O)(=O)NC(C)CC(C)CC. The Hall–Kier alpha value is -0.170. The molecule has 2 N–H and O–H groups in total. The lowest BCUT2D eigenvalue weighted by Crippen LogP contribution is -2.43. The molecule has 0 aromatic carbocycles. The molecule has 0 bridgehead atoms. The fourth-order valence-corrected chi connectivity index (χ4v) is 3.04. The number of hydrogen-bond acceptors (Lipinski definition) is 3. The number of nitrogens with zero attached hydrogens (tertiary/aromatic N) is 1. The molecule has 19 heavy (non-hydrogen) atoms. The van der Waals surface area contributed by atoms with E-state index in [-0.39, 0.29) is 6.04 Å². The molecule has 0 radical (unpaired) electrons. The number of hydrogen-bond donors (Lipinski definition) is 2. The molecule has 0 aliphatic rings. The van der Waals surface area contributed by atoms with Gasteiger partial charge in [0, 0.05) is 19.6 Å². The van der Waals surface area contributed by atoms with Crippen LogP contribution in [-0.2, 0) is 10.2 Å². The summed E-state index contributed by atoms with van der Waals surface area (Å²) in [6.45, 7) is 10.5. The molecule has 116 valence electrons. The summed E-state index contributed by atoms with van der Waals surface area (Å²) in [5.74, 6) is 0.539. The maximum Gasteiger partial charge on any atom is 0.279 e. The minimum atomic E-state index is -3.34. The molecule has 6 heteroatoms. The van der Waals surface area contributed by atoms with Crippen molar-refractivity contribution in [3.63, 3.8) is 0 Å². The van der Waals surface area contributed by atoms with E-state index in [4.69, 9.17) is 0 Å². The van der Waals surface area contributed by atoms with Crippen molar-refractivity contribution in [1.29, 1.82) is 0 Å². The largest absolute Gasteiger partial charge is 0.317 e. The predicted octanol–water partition coefficient (Wildman–Crippen LogP) is 1.58. The van der Waals surface area contributed by atoms with E-state index < -0.39 is 10.2 Å². The Balaban J connectivity index is 4.14. The summed E-state index contributed by atoms with van der Waals surface area (Å²) in [6.07, 6.45) is 2.77. The molecule has 0 rings (SSSR count). The average molecular weight is 293 g/mol. The summed E-state index contributed by atoms with van der Waals surface area (Å²) in [7, 11) is -1.72. The first kappa shape index (κ1) is 18.8. The van der Waals surface area contributed by atoms with Gasteiger partial charge in [0.05, 0.1) is 0 Å². The molecule has 0 saturated heterocycles. The van der Waals surface area contributed by atoms with Gasteiger partial charge in [0.2, 0.25) is 0 Å². The topological polar surface area (TPSA) is 61.4 Å². The molecule has 0 spiro atoms. The van der Waals surface area contributed by atoms with Gasteiger partial charge < -0.3 is 5.32 Å². The van der Waals surface area contributed by atoms with E-state index in [9.17, 15) is 8.42 Å². The van der Waals surface area contributed by atoms with Crippen LogP contribution in [0.1, 0.15) is 47.0 Å². The van der Waals surface area contributed by atoms with Crippen LogP contribution in [0.25, 0.3) is 0 Å². The van der Waals surface area contributed by atoms with Crippen LogP contribution in [-0.4, -0.2) is 45.4 Å². The highest BCUT2D eigenvalue weighted by atomic mass is 32.2.